The molecule has 0 fully saturated rings. The first-order valence-electron chi connectivity index (χ1n) is 5.93. The van der Waals surface area contributed by atoms with Crippen molar-refractivity contribution in [3.63, 3.8) is 0 Å². The van der Waals surface area contributed by atoms with Gasteiger partial charge < -0.3 is 9.47 Å². The van der Waals surface area contributed by atoms with Crippen LogP contribution in [0.25, 0.3) is 5.69 Å². The van der Waals surface area contributed by atoms with Gasteiger partial charge >= 0.3 is 5.97 Å². The van der Waals surface area contributed by atoms with Crippen LogP contribution in [0.4, 0.5) is 13.2 Å². The Morgan fingerprint density at radius 1 is 1.29 bits per heavy atom. The number of ether oxygens (including phenoxy) is 2. The van der Waals surface area contributed by atoms with Crippen LogP contribution in [0.15, 0.2) is 18.3 Å². The molecule has 0 atom stereocenters. The second-order valence-corrected chi connectivity index (χ2v) is 3.92. The molecule has 1 aromatic heterocycles. The van der Waals surface area contributed by atoms with Crippen LogP contribution in [-0.2, 0) is 4.74 Å². The molecule has 0 bridgehead atoms. The summed E-state index contributed by atoms with van der Waals surface area (Å²) in [7, 11) is 1.20. The summed E-state index contributed by atoms with van der Waals surface area (Å²) < 4.78 is 50.9. The van der Waals surface area contributed by atoms with Crippen molar-refractivity contribution >= 4 is 5.97 Å². The van der Waals surface area contributed by atoms with Gasteiger partial charge in [-0.25, -0.2) is 18.0 Å². The van der Waals surface area contributed by atoms with Crippen molar-refractivity contribution in [2.24, 2.45) is 0 Å². The Labute approximate surface area is 117 Å². The first-order valence-corrected chi connectivity index (χ1v) is 5.93. The molecule has 8 heteroatoms. The minimum absolute atomic E-state index is 0.0949. The van der Waals surface area contributed by atoms with Crippen molar-refractivity contribution in [3.05, 3.63) is 41.3 Å². The van der Waals surface area contributed by atoms with Crippen LogP contribution in [0, 0.1) is 17.5 Å². The summed E-state index contributed by atoms with van der Waals surface area (Å²) in [5, 5.41) is 3.70. The van der Waals surface area contributed by atoms with Gasteiger partial charge in [0.1, 0.15) is 17.1 Å². The van der Waals surface area contributed by atoms with E-state index < -0.39 is 29.1 Å². The molecule has 5 nitrogen and oxygen atoms in total. The van der Waals surface area contributed by atoms with Gasteiger partial charge in [-0.3, -0.25) is 0 Å². The molecule has 2 aromatic rings. The highest BCUT2D eigenvalue weighted by Crippen LogP contribution is 2.27. The maximum atomic E-state index is 13.8. The lowest BCUT2D eigenvalue weighted by atomic mass is 10.2. The predicted molar refractivity (Wildman–Crippen MR) is 65.9 cm³/mol. The fourth-order valence-electron chi connectivity index (χ4n) is 1.78. The lowest BCUT2D eigenvalue weighted by Crippen LogP contribution is -2.09. The first-order chi connectivity index (χ1) is 9.99. The third kappa shape index (κ3) is 2.69. The van der Waals surface area contributed by atoms with E-state index in [1.807, 2.05) is 0 Å². The van der Waals surface area contributed by atoms with Crippen molar-refractivity contribution in [2.75, 3.05) is 13.7 Å². The van der Waals surface area contributed by atoms with Gasteiger partial charge in [0.25, 0.3) is 0 Å². The summed E-state index contributed by atoms with van der Waals surface area (Å²) in [6, 6.07) is 1.01. The van der Waals surface area contributed by atoms with Crippen LogP contribution in [-0.4, -0.2) is 29.5 Å². The summed E-state index contributed by atoms with van der Waals surface area (Å²) >= 11 is 0. The molecule has 1 heterocycles. The number of halogens is 3. The number of nitrogens with zero attached hydrogens (tertiary/aromatic N) is 2. The van der Waals surface area contributed by atoms with E-state index in [4.69, 9.17) is 9.47 Å². The van der Waals surface area contributed by atoms with E-state index in [1.165, 1.54) is 7.11 Å². The van der Waals surface area contributed by atoms with Gasteiger partial charge in [0, 0.05) is 12.1 Å². The van der Waals surface area contributed by atoms with Crippen LogP contribution in [0.3, 0.4) is 0 Å². The van der Waals surface area contributed by atoms with Crippen LogP contribution in [0.2, 0.25) is 0 Å². The molecule has 1 aromatic carbocycles. The Morgan fingerprint density at radius 2 is 1.90 bits per heavy atom. The molecule has 0 unspecified atom stereocenters. The lowest BCUT2D eigenvalue weighted by molar-refractivity contribution is 0.0522. The SMILES string of the molecule is CCOC(=O)c1cnn(-c2c(F)cc(F)cc2F)c1OC. The summed E-state index contributed by atoms with van der Waals surface area (Å²) in [6.45, 7) is 1.72. The van der Waals surface area contributed by atoms with Crippen LogP contribution in [0.5, 0.6) is 5.88 Å². The molecule has 0 aliphatic carbocycles. The van der Waals surface area contributed by atoms with Gasteiger partial charge in [0.05, 0.1) is 19.9 Å². The Hall–Kier alpha value is -2.51. The van der Waals surface area contributed by atoms with E-state index in [2.05, 4.69) is 5.10 Å². The molecule has 0 spiro atoms. The van der Waals surface area contributed by atoms with E-state index in [0.717, 1.165) is 10.9 Å². The van der Waals surface area contributed by atoms with Crippen LogP contribution < -0.4 is 4.74 Å². The number of hydrogen-bond donors (Lipinski definition) is 0. The quantitative estimate of drug-likeness (QED) is 0.814. The van der Waals surface area contributed by atoms with Crippen molar-refractivity contribution in [1.82, 2.24) is 9.78 Å². The lowest BCUT2D eigenvalue weighted by Gasteiger charge is -2.09. The summed E-state index contributed by atoms with van der Waals surface area (Å²) in [5.41, 5.74) is -0.744. The number of methoxy groups -OCH3 is 1. The van der Waals surface area contributed by atoms with Gasteiger partial charge in [-0.2, -0.15) is 9.78 Å². The normalized spacial score (nSPS) is 10.5. The van der Waals surface area contributed by atoms with Gasteiger partial charge in [0.15, 0.2) is 11.6 Å². The number of benzene rings is 1. The molecule has 0 N–H and O–H groups in total. The summed E-state index contributed by atoms with van der Waals surface area (Å²) in [5.74, 6) is -4.37. The monoisotopic (exact) mass is 300 g/mol. The average Bonchev–Trinajstić information content (AvgIpc) is 2.81. The van der Waals surface area contributed by atoms with Crippen LogP contribution >= 0.6 is 0 Å². The largest absolute Gasteiger partial charge is 0.480 e. The van der Waals surface area contributed by atoms with E-state index in [-0.39, 0.29) is 18.1 Å². The third-order valence-electron chi connectivity index (χ3n) is 2.61. The Morgan fingerprint density at radius 3 is 2.43 bits per heavy atom. The number of rotatable bonds is 4. The molecular weight excluding hydrogens is 289 g/mol. The second kappa shape index (κ2) is 5.86. The van der Waals surface area contributed by atoms with E-state index in [9.17, 15) is 18.0 Å². The van der Waals surface area contributed by atoms with Crippen LogP contribution in [0.1, 0.15) is 17.3 Å². The molecule has 0 amide bonds. The third-order valence-corrected chi connectivity index (χ3v) is 2.61. The smallest absolute Gasteiger partial charge is 0.345 e. The highest BCUT2D eigenvalue weighted by atomic mass is 19.1. The van der Waals surface area contributed by atoms with Gasteiger partial charge in [-0.05, 0) is 6.92 Å². The highest BCUT2D eigenvalue weighted by molar-refractivity contribution is 5.91. The summed E-state index contributed by atoms with van der Waals surface area (Å²) in [6.07, 6.45) is 1.05. The molecular formula is C13H11F3N2O3. The Balaban J connectivity index is 2.58. The van der Waals surface area contributed by atoms with Gasteiger partial charge in [0.2, 0.25) is 5.88 Å². The van der Waals surface area contributed by atoms with Crippen molar-refractivity contribution < 1.29 is 27.4 Å². The van der Waals surface area contributed by atoms with Crippen molar-refractivity contribution in [1.29, 1.82) is 0 Å². The molecule has 112 valence electrons. The molecule has 21 heavy (non-hydrogen) atoms. The highest BCUT2D eigenvalue weighted by Gasteiger charge is 2.24. The second-order valence-electron chi connectivity index (χ2n) is 3.92. The van der Waals surface area contributed by atoms with E-state index in [1.54, 1.807) is 6.92 Å². The zero-order chi connectivity index (χ0) is 15.6. The molecule has 0 saturated carbocycles. The first kappa shape index (κ1) is 14.9. The fourth-order valence-corrected chi connectivity index (χ4v) is 1.78. The molecule has 0 aliphatic heterocycles. The standard InChI is InChI=1S/C13H11F3N2O3/c1-3-21-13(19)8-6-17-18(12(8)20-2)11-9(15)4-7(14)5-10(11)16/h4-6H,3H2,1-2H3. The maximum absolute atomic E-state index is 13.8. The maximum Gasteiger partial charge on any atom is 0.345 e. The molecule has 0 saturated heterocycles. The number of carbonyl (C=O) groups excluding carboxylic acids is 1. The topological polar surface area (TPSA) is 53.3 Å². The average molecular weight is 300 g/mol. The van der Waals surface area contributed by atoms with E-state index >= 15 is 0 Å². The number of carbonyl (C=O) groups is 1. The number of aromatic nitrogens is 2. The van der Waals surface area contributed by atoms with Crippen molar-refractivity contribution in [2.45, 2.75) is 6.92 Å². The zero-order valence-electron chi connectivity index (χ0n) is 11.2. The number of esters is 1. The number of hydrogen-bond acceptors (Lipinski definition) is 4. The Kier molecular flexibility index (Phi) is 4.15. The van der Waals surface area contributed by atoms with Gasteiger partial charge in [-0.1, -0.05) is 0 Å². The summed E-state index contributed by atoms with van der Waals surface area (Å²) in [4.78, 5) is 11.7. The molecule has 0 aliphatic rings. The zero-order valence-corrected chi connectivity index (χ0v) is 11.2. The minimum Gasteiger partial charge on any atom is -0.480 e. The Bertz CT molecular complexity index is 662. The molecule has 2 rings (SSSR count). The van der Waals surface area contributed by atoms with Gasteiger partial charge in [-0.15, -0.1) is 0 Å². The fraction of sp³-hybridized carbons (Fsp3) is 0.231. The predicted octanol–water partition coefficient (Wildman–Crippen LogP) is 2.47. The molecule has 0 radical (unpaired) electrons. The van der Waals surface area contributed by atoms with Crippen molar-refractivity contribution in [3.8, 4) is 11.6 Å². The van der Waals surface area contributed by atoms with E-state index in [0.29, 0.717) is 12.1 Å². The minimum atomic E-state index is -1.18.